The number of hydrogen-bond donors (Lipinski definition) is 2. The van der Waals surface area contributed by atoms with Crippen molar-refractivity contribution in [1.82, 2.24) is 10.6 Å². The van der Waals surface area contributed by atoms with E-state index in [1.807, 2.05) is 0 Å². The van der Waals surface area contributed by atoms with Crippen molar-refractivity contribution < 1.29 is 19.1 Å². The second-order valence-electron chi connectivity index (χ2n) is 3.40. The van der Waals surface area contributed by atoms with Crippen LogP contribution in [-0.2, 0) is 19.1 Å². The molecule has 1 amide bonds. The summed E-state index contributed by atoms with van der Waals surface area (Å²) in [5, 5.41) is 5.50. The molecule has 1 aliphatic rings. The Kier molecular flexibility index (Phi) is 7.03. The van der Waals surface area contributed by atoms with Crippen LogP contribution in [0, 0.1) is 0 Å². The maximum absolute atomic E-state index is 11.3. The highest BCUT2D eigenvalue weighted by Gasteiger charge is 2.20. The molecule has 0 spiro atoms. The predicted molar refractivity (Wildman–Crippen MR) is 59.5 cm³/mol. The number of carbonyl (C=O) groups is 2. The fraction of sp³-hybridized carbons (Fsp3) is 0.778. The Labute approximate surface area is 100 Å². The summed E-state index contributed by atoms with van der Waals surface area (Å²) in [5.74, 6) is -0.770. The minimum Gasteiger partial charge on any atom is -0.467 e. The van der Waals surface area contributed by atoms with Crippen LogP contribution < -0.4 is 10.6 Å². The van der Waals surface area contributed by atoms with Gasteiger partial charge in [-0.3, -0.25) is 4.79 Å². The normalized spacial score (nSPS) is 16.6. The Morgan fingerprint density at radius 3 is 2.56 bits per heavy atom. The van der Waals surface area contributed by atoms with Crippen LogP contribution in [0.4, 0.5) is 0 Å². The first-order chi connectivity index (χ1) is 7.13. The maximum atomic E-state index is 11.3. The molecule has 0 aliphatic carbocycles. The van der Waals surface area contributed by atoms with Crippen LogP contribution in [0.1, 0.15) is 6.92 Å². The summed E-state index contributed by atoms with van der Waals surface area (Å²) < 4.78 is 9.69. The van der Waals surface area contributed by atoms with E-state index in [0.29, 0.717) is 0 Å². The number of methoxy groups -OCH3 is 1. The van der Waals surface area contributed by atoms with Crippen molar-refractivity contribution in [3.8, 4) is 0 Å². The van der Waals surface area contributed by atoms with E-state index in [-0.39, 0.29) is 31.0 Å². The van der Waals surface area contributed by atoms with E-state index in [1.54, 1.807) is 6.92 Å². The Bertz CT molecular complexity index is 246. The zero-order valence-corrected chi connectivity index (χ0v) is 10.1. The molecular weight excluding hydrogens is 236 g/mol. The van der Waals surface area contributed by atoms with Gasteiger partial charge in [0.25, 0.3) is 0 Å². The largest absolute Gasteiger partial charge is 0.467 e. The fourth-order valence-corrected chi connectivity index (χ4v) is 1.09. The highest BCUT2D eigenvalue weighted by molar-refractivity contribution is 5.85. The molecule has 0 aromatic carbocycles. The fourth-order valence-electron chi connectivity index (χ4n) is 1.09. The molecule has 1 unspecified atom stereocenters. The van der Waals surface area contributed by atoms with E-state index in [1.165, 1.54) is 7.11 Å². The molecule has 0 bridgehead atoms. The van der Waals surface area contributed by atoms with Crippen molar-refractivity contribution >= 4 is 24.3 Å². The first-order valence-electron chi connectivity index (χ1n) is 4.83. The Hall–Kier alpha value is -0.850. The molecule has 1 rings (SSSR count). The van der Waals surface area contributed by atoms with Crippen LogP contribution in [0.2, 0.25) is 0 Å². The SMILES string of the molecule is COC(=O)C(C)NC(=O)COC1CNC1.Cl. The average molecular weight is 253 g/mol. The molecule has 6 nitrogen and oxygen atoms in total. The number of hydrogen-bond acceptors (Lipinski definition) is 5. The maximum Gasteiger partial charge on any atom is 0.328 e. The zero-order chi connectivity index (χ0) is 11.3. The number of amides is 1. The van der Waals surface area contributed by atoms with E-state index >= 15 is 0 Å². The van der Waals surface area contributed by atoms with Crippen molar-refractivity contribution in [2.75, 3.05) is 26.8 Å². The van der Waals surface area contributed by atoms with Crippen LogP contribution >= 0.6 is 12.4 Å². The van der Waals surface area contributed by atoms with Crippen molar-refractivity contribution in [2.45, 2.75) is 19.1 Å². The minimum absolute atomic E-state index is 0. The first kappa shape index (κ1) is 15.2. The van der Waals surface area contributed by atoms with Gasteiger partial charge in [-0.2, -0.15) is 0 Å². The summed E-state index contributed by atoms with van der Waals surface area (Å²) in [6.45, 7) is 3.10. The van der Waals surface area contributed by atoms with E-state index in [9.17, 15) is 9.59 Å². The number of carbonyl (C=O) groups excluding carboxylic acids is 2. The standard InChI is InChI=1S/C9H16N2O4.ClH/c1-6(9(13)14-2)11-8(12)5-15-7-3-10-4-7;/h6-7,10H,3-5H2,1-2H3,(H,11,12);1H. The van der Waals surface area contributed by atoms with Crippen LogP contribution in [0.15, 0.2) is 0 Å². The average Bonchev–Trinajstić information content (AvgIpc) is 2.14. The van der Waals surface area contributed by atoms with Crippen LogP contribution in [0.5, 0.6) is 0 Å². The van der Waals surface area contributed by atoms with Gasteiger partial charge in [-0.15, -0.1) is 12.4 Å². The van der Waals surface area contributed by atoms with Gasteiger partial charge in [-0.05, 0) is 6.92 Å². The molecule has 0 aromatic heterocycles. The Balaban J connectivity index is 0.00000225. The van der Waals surface area contributed by atoms with Crippen molar-refractivity contribution in [3.05, 3.63) is 0 Å². The quantitative estimate of drug-likeness (QED) is 0.619. The van der Waals surface area contributed by atoms with Gasteiger partial charge in [0.2, 0.25) is 5.91 Å². The molecule has 0 aromatic rings. The minimum atomic E-state index is -0.634. The van der Waals surface area contributed by atoms with Crippen molar-refractivity contribution in [2.24, 2.45) is 0 Å². The number of ether oxygens (including phenoxy) is 2. The molecule has 2 N–H and O–H groups in total. The molecule has 0 radical (unpaired) electrons. The lowest BCUT2D eigenvalue weighted by molar-refractivity contribution is -0.145. The molecule has 1 heterocycles. The van der Waals surface area contributed by atoms with Gasteiger partial charge in [0.1, 0.15) is 12.6 Å². The first-order valence-corrected chi connectivity index (χ1v) is 4.83. The predicted octanol–water partition coefficient (Wildman–Crippen LogP) is -0.926. The van der Waals surface area contributed by atoms with Gasteiger partial charge in [0.05, 0.1) is 13.2 Å². The number of esters is 1. The highest BCUT2D eigenvalue weighted by atomic mass is 35.5. The summed E-state index contributed by atoms with van der Waals surface area (Å²) in [5.41, 5.74) is 0. The number of rotatable bonds is 5. The van der Waals surface area contributed by atoms with Crippen LogP contribution in [0.25, 0.3) is 0 Å². The van der Waals surface area contributed by atoms with Crippen molar-refractivity contribution in [1.29, 1.82) is 0 Å². The Morgan fingerprint density at radius 2 is 2.12 bits per heavy atom. The summed E-state index contributed by atoms with van der Waals surface area (Å²) in [6.07, 6.45) is 0.115. The van der Waals surface area contributed by atoms with E-state index in [2.05, 4.69) is 15.4 Å². The third-order valence-corrected chi connectivity index (χ3v) is 2.13. The summed E-state index contributed by atoms with van der Waals surface area (Å²) in [7, 11) is 1.28. The summed E-state index contributed by atoms with van der Waals surface area (Å²) in [6, 6.07) is -0.634. The van der Waals surface area contributed by atoms with Gasteiger partial charge < -0.3 is 20.1 Å². The zero-order valence-electron chi connectivity index (χ0n) is 9.32. The van der Waals surface area contributed by atoms with Crippen molar-refractivity contribution in [3.63, 3.8) is 0 Å². The molecule has 1 atom stereocenters. The lowest BCUT2D eigenvalue weighted by Crippen LogP contribution is -2.50. The molecule has 0 saturated carbocycles. The second kappa shape index (κ2) is 7.43. The summed E-state index contributed by atoms with van der Waals surface area (Å²) >= 11 is 0. The molecule has 7 heteroatoms. The van der Waals surface area contributed by atoms with Gasteiger partial charge in [-0.1, -0.05) is 0 Å². The van der Waals surface area contributed by atoms with Gasteiger partial charge in [-0.25, -0.2) is 4.79 Å². The molecular formula is C9H17ClN2O4. The van der Waals surface area contributed by atoms with E-state index in [0.717, 1.165) is 13.1 Å². The third-order valence-electron chi connectivity index (χ3n) is 2.13. The molecule has 1 aliphatic heterocycles. The van der Waals surface area contributed by atoms with E-state index in [4.69, 9.17) is 4.74 Å². The topological polar surface area (TPSA) is 76.7 Å². The summed E-state index contributed by atoms with van der Waals surface area (Å²) in [4.78, 5) is 22.2. The van der Waals surface area contributed by atoms with Gasteiger partial charge >= 0.3 is 5.97 Å². The third kappa shape index (κ3) is 4.78. The molecule has 94 valence electrons. The van der Waals surface area contributed by atoms with Crippen LogP contribution in [0.3, 0.4) is 0 Å². The highest BCUT2D eigenvalue weighted by Crippen LogP contribution is 1.97. The lowest BCUT2D eigenvalue weighted by Gasteiger charge is -2.26. The smallest absolute Gasteiger partial charge is 0.328 e. The molecule has 1 saturated heterocycles. The van der Waals surface area contributed by atoms with Crippen LogP contribution in [-0.4, -0.2) is 50.8 Å². The molecule has 16 heavy (non-hydrogen) atoms. The molecule has 1 fully saturated rings. The second-order valence-corrected chi connectivity index (χ2v) is 3.40. The monoisotopic (exact) mass is 252 g/mol. The van der Waals surface area contributed by atoms with E-state index < -0.39 is 12.0 Å². The number of halogens is 1. The number of nitrogens with one attached hydrogen (secondary N) is 2. The Morgan fingerprint density at radius 1 is 1.50 bits per heavy atom. The lowest BCUT2D eigenvalue weighted by atomic mass is 10.2. The van der Waals surface area contributed by atoms with Gasteiger partial charge in [0, 0.05) is 13.1 Å². The van der Waals surface area contributed by atoms with Gasteiger partial charge in [0.15, 0.2) is 0 Å².